The summed E-state index contributed by atoms with van der Waals surface area (Å²) in [6.45, 7) is 9.12. The van der Waals surface area contributed by atoms with Crippen LogP contribution in [0.3, 0.4) is 0 Å². The maximum absolute atomic E-state index is 4.61. The smallest absolute Gasteiger partial charge is 0.155 e. The highest BCUT2D eigenvalue weighted by molar-refractivity contribution is 5.65. The largest absolute Gasteiger partial charge is 0.375 e. The van der Waals surface area contributed by atoms with E-state index in [0.717, 1.165) is 29.1 Å². The lowest BCUT2D eigenvalue weighted by Gasteiger charge is -2.16. The summed E-state index contributed by atoms with van der Waals surface area (Å²) >= 11 is 0. The third-order valence-corrected chi connectivity index (χ3v) is 3.55. The number of hydrogen-bond acceptors (Lipinski definition) is 3. The molecular weight excluding hydrogens is 272 g/mol. The van der Waals surface area contributed by atoms with Gasteiger partial charge in [0.1, 0.15) is 0 Å². The molecule has 0 saturated carbocycles. The normalized spacial score (nSPS) is 10.2. The molecule has 0 aliphatic rings. The second-order valence-corrected chi connectivity index (χ2v) is 4.98. The number of aromatic nitrogens is 3. The summed E-state index contributed by atoms with van der Waals surface area (Å²) in [4.78, 5) is 11.1. The quantitative estimate of drug-likeness (QED) is 0.726. The summed E-state index contributed by atoms with van der Waals surface area (Å²) in [5.74, 6) is 0. The van der Waals surface area contributed by atoms with Gasteiger partial charge in [0.2, 0.25) is 0 Å². The van der Waals surface area contributed by atoms with E-state index >= 15 is 0 Å². The van der Waals surface area contributed by atoms with Crippen LogP contribution in [0.25, 0.3) is 16.9 Å². The first-order valence-corrected chi connectivity index (χ1v) is 7.80. The van der Waals surface area contributed by atoms with E-state index < -0.39 is 0 Å². The first kappa shape index (κ1) is 16.0. The second kappa shape index (κ2) is 7.07. The summed E-state index contributed by atoms with van der Waals surface area (Å²) in [5, 5.41) is 0. The summed E-state index contributed by atoms with van der Waals surface area (Å²) in [6.07, 6.45) is 5.84. The summed E-state index contributed by atoms with van der Waals surface area (Å²) in [5.41, 5.74) is 5.18. The number of aryl methyl sites for hydroxylation is 1. The second-order valence-electron chi connectivity index (χ2n) is 4.98. The van der Waals surface area contributed by atoms with Crippen LogP contribution in [0.15, 0.2) is 42.9 Å². The maximum Gasteiger partial charge on any atom is 0.155 e. The van der Waals surface area contributed by atoms with Crippen LogP contribution < -0.4 is 4.90 Å². The Morgan fingerprint density at radius 1 is 1.09 bits per heavy atom. The average molecular weight is 296 g/mol. The minimum absolute atomic E-state index is 0.875. The van der Waals surface area contributed by atoms with Crippen LogP contribution in [0.1, 0.15) is 26.5 Å². The molecule has 3 rings (SSSR count). The molecule has 2 heterocycles. The van der Waals surface area contributed by atoms with E-state index in [9.17, 15) is 0 Å². The highest BCUT2D eigenvalue weighted by Gasteiger charge is 2.05. The van der Waals surface area contributed by atoms with Crippen LogP contribution in [-0.2, 0) is 0 Å². The Kier molecular flexibility index (Phi) is 5.15. The molecule has 4 nitrogen and oxygen atoms in total. The SMILES string of the molecule is CC.CCN(C)c1ccc(-c2cn3cc(C)ncc3n2)cc1. The molecule has 0 radical (unpaired) electrons. The van der Waals surface area contributed by atoms with Gasteiger partial charge in [-0.05, 0) is 26.0 Å². The van der Waals surface area contributed by atoms with Gasteiger partial charge in [-0.25, -0.2) is 4.98 Å². The predicted molar refractivity (Wildman–Crippen MR) is 93.5 cm³/mol. The van der Waals surface area contributed by atoms with Gasteiger partial charge in [0, 0.05) is 37.2 Å². The van der Waals surface area contributed by atoms with Crippen molar-refractivity contribution in [1.29, 1.82) is 0 Å². The zero-order chi connectivity index (χ0) is 16.1. The number of fused-ring (bicyclic) bond motifs is 1. The lowest BCUT2D eigenvalue weighted by molar-refractivity contribution is 0.968. The van der Waals surface area contributed by atoms with Crippen LogP contribution in [0.4, 0.5) is 5.69 Å². The third kappa shape index (κ3) is 3.27. The Balaban J connectivity index is 0.000000847. The van der Waals surface area contributed by atoms with Crippen molar-refractivity contribution in [3.8, 4) is 11.3 Å². The third-order valence-electron chi connectivity index (χ3n) is 3.55. The fourth-order valence-corrected chi connectivity index (χ4v) is 2.21. The average Bonchev–Trinajstić information content (AvgIpc) is 2.99. The van der Waals surface area contributed by atoms with Crippen molar-refractivity contribution in [2.24, 2.45) is 0 Å². The van der Waals surface area contributed by atoms with E-state index in [1.807, 2.05) is 37.6 Å². The highest BCUT2D eigenvalue weighted by Crippen LogP contribution is 2.22. The first-order valence-electron chi connectivity index (χ1n) is 7.80. The van der Waals surface area contributed by atoms with E-state index in [1.54, 1.807) is 6.20 Å². The van der Waals surface area contributed by atoms with Crippen molar-refractivity contribution in [2.75, 3.05) is 18.5 Å². The molecule has 0 spiro atoms. The molecule has 0 aliphatic carbocycles. The molecule has 3 aromatic rings. The van der Waals surface area contributed by atoms with Gasteiger partial charge in [-0.2, -0.15) is 0 Å². The van der Waals surface area contributed by atoms with Crippen LogP contribution in [0.2, 0.25) is 0 Å². The van der Waals surface area contributed by atoms with Gasteiger partial charge in [0.25, 0.3) is 0 Å². The Morgan fingerprint density at radius 2 is 1.77 bits per heavy atom. The zero-order valence-electron chi connectivity index (χ0n) is 14.0. The Morgan fingerprint density at radius 3 is 2.41 bits per heavy atom. The van der Waals surface area contributed by atoms with Crippen molar-refractivity contribution in [1.82, 2.24) is 14.4 Å². The van der Waals surface area contributed by atoms with E-state index in [1.165, 1.54) is 5.69 Å². The molecule has 22 heavy (non-hydrogen) atoms. The number of hydrogen-bond donors (Lipinski definition) is 0. The fourth-order valence-electron chi connectivity index (χ4n) is 2.21. The zero-order valence-corrected chi connectivity index (χ0v) is 14.0. The molecule has 2 aromatic heterocycles. The molecule has 116 valence electrons. The summed E-state index contributed by atoms with van der Waals surface area (Å²) < 4.78 is 2.02. The molecule has 0 saturated heterocycles. The van der Waals surface area contributed by atoms with Crippen LogP contribution in [-0.4, -0.2) is 28.0 Å². The monoisotopic (exact) mass is 296 g/mol. The van der Waals surface area contributed by atoms with Gasteiger partial charge in [0.15, 0.2) is 5.65 Å². The maximum atomic E-state index is 4.61. The molecule has 0 atom stereocenters. The van der Waals surface area contributed by atoms with E-state index in [0.29, 0.717) is 0 Å². The summed E-state index contributed by atoms with van der Waals surface area (Å²) in [6, 6.07) is 8.49. The van der Waals surface area contributed by atoms with Crippen molar-refractivity contribution < 1.29 is 0 Å². The molecule has 4 heteroatoms. The lowest BCUT2D eigenvalue weighted by Crippen LogP contribution is -2.15. The van der Waals surface area contributed by atoms with Crippen molar-refractivity contribution >= 4 is 11.3 Å². The van der Waals surface area contributed by atoms with E-state index in [2.05, 4.69) is 53.1 Å². The standard InChI is InChI=1S/C16H18N4.C2H6/c1-4-19(3)14-7-5-13(6-8-14)15-11-20-10-12(2)17-9-16(20)18-15;1-2/h5-11H,4H2,1-3H3;1-2H3. The predicted octanol–water partition coefficient (Wildman–Crippen LogP) is 4.19. The van der Waals surface area contributed by atoms with Gasteiger partial charge in [-0.15, -0.1) is 0 Å². The van der Waals surface area contributed by atoms with Crippen molar-refractivity contribution in [2.45, 2.75) is 27.7 Å². The van der Waals surface area contributed by atoms with Crippen LogP contribution in [0, 0.1) is 6.92 Å². The molecule has 0 aliphatic heterocycles. The van der Waals surface area contributed by atoms with Gasteiger partial charge in [-0.3, -0.25) is 4.98 Å². The minimum atomic E-state index is 0.875. The number of imidazole rings is 1. The summed E-state index contributed by atoms with van der Waals surface area (Å²) in [7, 11) is 2.09. The number of nitrogens with zero attached hydrogens (tertiary/aromatic N) is 4. The molecule has 0 fully saturated rings. The highest BCUT2D eigenvalue weighted by atomic mass is 15.1. The first-order chi connectivity index (χ1) is 10.7. The Hall–Kier alpha value is -2.36. The van der Waals surface area contributed by atoms with E-state index in [4.69, 9.17) is 0 Å². The molecule has 0 amide bonds. The van der Waals surface area contributed by atoms with Crippen molar-refractivity contribution in [3.05, 3.63) is 48.5 Å². The Labute approximate surface area is 132 Å². The van der Waals surface area contributed by atoms with Crippen molar-refractivity contribution in [3.63, 3.8) is 0 Å². The van der Waals surface area contributed by atoms with Gasteiger partial charge >= 0.3 is 0 Å². The van der Waals surface area contributed by atoms with Gasteiger partial charge in [-0.1, -0.05) is 26.0 Å². The fraction of sp³-hybridized carbons (Fsp3) is 0.333. The molecule has 1 aromatic carbocycles. The lowest BCUT2D eigenvalue weighted by atomic mass is 10.1. The van der Waals surface area contributed by atoms with Gasteiger partial charge in [0.05, 0.1) is 17.6 Å². The molecule has 0 N–H and O–H groups in total. The molecule has 0 unspecified atom stereocenters. The minimum Gasteiger partial charge on any atom is -0.375 e. The Bertz CT molecular complexity index is 728. The van der Waals surface area contributed by atoms with Gasteiger partial charge < -0.3 is 9.30 Å². The number of benzene rings is 1. The molecular formula is C18H24N4. The van der Waals surface area contributed by atoms with E-state index in [-0.39, 0.29) is 0 Å². The number of anilines is 1. The molecule has 0 bridgehead atoms. The van der Waals surface area contributed by atoms with Crippen LogP contribution >= 0.6 is 0 Å². The topological polar surface area (TPSA) is 33.4 Å². The number of rotatable bonds is 3. The van der Waals surface area contributed by atoms with Crippen LogP contribution in [0.5, 0.6) is 0 Å².